The first-order chi connectivity index (χ1) is 7.68. The molecular formula is C11H15N3O2. The summed E-state index contributed by atoms with van der Waals surface area (Å²) in [5.74, 6) is -0.345. The van der Waals surface area contributed by atoms with Crippen molar-refractivity contribution in [2.75, 3.05) is 23.7 Å². The van der Waals surface area contributed by atoms with Gasteiger partial charge in [-0.25, -0.2) is 4.98 Å². The average Bonchev–Trinajstić information content (AvgIpc) is 2.30. The molecule has 2 rings (SSSR count). The number of pyridine rings is 1. The molecule has 0 aromatic carbocycles. The van der Waals surface area contributed by atoms with E-state index in [1.165, 1.54) is 0 Å². The number of hydrogen-bond acceptors (Lipinski definition) is 4. The topological polar surface area (TPSA) is 79.5 Å². The summed E-state index contributed by atoms with van der Waals surface area (Å²) >= 11 is 0. The minimum Gasteiger partial charge on any atom is -0.481 e. The van der Waals surface area contributed by atoms with Crippen LogP contribution in [0.25, 0.3) is 0 Å². The maximum atomic E-state index is 10.9. The van der Waals surface area contributed by atoms with E-state index in [9.17, 15) is 4.79 Å². The van der Waals surface area contributed by atoms with E-state index in [4.69, 9.17) is 10.8 Å². The lowest BCUT2D eigenvalue weighted by Crippen LogP contribution is -2.39. The van der Waals surface area contributed by atoms with E-state index in [1.807, 2.05) is 4.90 Å². The lowest BCUT2D eigenvalue weighted by atomic mass is 9.98. The van der Waals surface area contributed by atoms with Crippen molar-refractivity contribution < 1.29 is 9.90 Å². The number of rotatable bonds is 2. The maximum Gasteiger partial charge on any atom is 0.308 e. The molecular weight excluding hydrogens is 206 g/mol. The molecule has 1 aliphatic heterocycles. The van der Waals surface area contributed by atoms with Crippen molar-refractivity contribution in [2.24, 2.45) is 5.92 Å². The molecule has 0 spiro atoms. The van der Waals surface area contributed by atoms with Gasteiger partial charge in [0.15, 0.2) is 5.82 Å². The fourth-order valence-corrected chi connectivity index (χ4v) is 2.04. The van der Waals surface area contributed by atoms with Crippen LogP contribution in [0.4, 0.5) is 11.5 Å². The third-order valence-electron chi connectivity index (χ3n) is 2.89. The van der Waals surface area contributed by atoms with Crippen LogP contribution in [0.2, 0.25) is 0 Å². The molecule has 1 aromatic rings. The van der Waals surface area contributed by atoms with Crippen molar-refractivity contribution >= 4 is 17.5 Å². The minimum absolute atomic E-state index is 0.310. The van der Waals surface area contributed by atoms with Crippen LogP contribution in [0.5, 0.6) is 0 Å². The van der Waals surface area contributed by atoms with Crippen molar-refractivity contribution in [3.05, 3.63) is 18.3 Å². The highest BCUT2D eigenvalue weighted by Gasteiger charge is 2.26. The third-order valence-corrected chi connectivity index (χ3v) is 2.89. The van der Waals surface area contributed by atoms with Crippen molar-refractivity contribution in [1.29, 1.82) is 0 Å². The highest BCUT2D eigenvalue weighted by molar-refractivity contribution is 5.72. The predicted octanol–water partition coefficient (Wildman–Crippen LogP) is 0.965. The van der Waals surface area contributed by atoms with Crippen molar-refractivity contribution in [1.82, 2.24) is 4.98 Å². The van der Waals surface area contributed by atoms with Gasteiger partial charge in [0.2, 0.25) is 0 Å². The lowest BCUT2D eigenvalue weighted by Gasteiger charge is -2.32. The van der Waals surface area contributed by atoms with E-state index in [1.54, 1.807) is 18.3 Å². The number of carboxylic acids is 1. The number of carbonyl (C=O) groups is 1. The van der Waals surface area contributed by atoms with Crippen LogP contribution in [-0.2, 0) is 4.79 Å². The summed E-state index contributed by atoms with van der Waals surface area (Å²) in [4.78, 5) is 17.1. The van der Waals surface area contributed by atoms with E-state index < -0.39 is 5.97 Å². The highest BCUT2D eigenvalue weighted by atomic mass is 16.4. The summed E-state index contributed by atoms with van der Waals surface area (Å²) in [6, 6.07) is 3.56. The normalized spacial score (nSPS) is 20.8. The number of aromatic nitrogens is 1. The number of piperidine rings is 1. The Bertz CT molecular complexity index is 395. The molecule has 0 saturated carbocycles. The van der Waals surface area contributed by atoms with Crippen LogP contribution >= 0.6 is 0 Å². The molecule has 1 unspecified atom stereocenters. The number of aliphatic carboxylic acids is 1. The van der Waals surface area contributed by atoms with Gasteiger partial charge in [0.25, 0.3) is 0 Å². The second kappa shape index (κ2) is 4.38. The molecule has 2 heterocycles. The summed E-state index contributed by atoms with van der Waals surface area (Å²) < 4.78 is 0. The largest absolute Gasteiger partial charge is 0.481 e. The number of anilines is 2. The Labute approximate surface area is 93.9 Å². The number of hydrogen-bond donors (Lipinski definition) is 2. The van der Waals surface area contributed by atoms with Gasteiger partial charge in [-0.05, 0) is 25.0 Å². The Hall–Kier alpha value is -1.78. The number of carboxylic acid groups (broad SMARTS) is 1. The third kappa shape index (κ3) is 2.08. The molecule has 3 N–H and O–H groups in total. The van der Waals surface area contributed by atoms with E-state index in [-0.39, 0.29) is 5.92 Å². The SMILES string of the molecule is Nc1cccnc1N1CCCC(C(=O)O)C1. The lowest BCUT2D eigenvalue weighted by molar-refractivity contribution is -0.141. The molecule has 16 heavy (non-hydrogen) atoms. The molecule has 1 saturated heterocycles. The standard InChI is InChI=1S/C11H15N3O2/c12-9-4-1-5-13-10(9)14-6-2-3-8(7-14)11(15)16/h1,4-5,8H,2-3,6-7,12H2,(H,15,16). The number of nitrogen functional groups attached to an aromatic ring is 1. The smallest absolute Gasteiger partial charge is 0.308 e. The Morgan fingerprint density at radius 2 is 2.44 bits per heavy atom. The molecule has 1 aromatic heterocycles. The van der Waals surface area contributed by atoms with Crippen molar-refractivity contribution in [2.45, 2.75) is 12.8 Å². The van der Waals surface area contributed by atoms with Gasteiger partial charge in [-0.2, -0.15) is 0 Å². The molecule has 1 atom stereocenters. The Morgan fingerprint density at radius 1 is 1.62 bits per heavy atom. The average molecular weight is 221 g/mol. The van der Waals surface area contributed by atoms with Gasteiger partial charge in [-0.1, -0.05) is 0 Å². The first kappa shape index (κ1) is 10.7. The second-order valence-electron chi connectivity index (χ2n) is 4.04. The van der Waals surface area contributed by atoms with Crippen LogP contribution in [0, 0.1) is 5.92 Å². The zero-order valence-electron chi connectivity index (χ0n) is 8.97. The van der Waals surface area contributed by atoms with Gasteiger partial charge in [-0.15, -0.1) is 0 Å². The molecule has 0 amide bonds. The zero-order chi connectivity index (χ0) is 11.5. The summed E-state index contributed by atoms with van der Waals surface area (Å²) in [6.45, 7) is 1.32. The van der Waals surface area contributed by atoms with E-state index in [0.717, 1.165) is 19.4 Å². The molecule has 0 bridgehead atoms. The zero-order valence-corrected chi connectivity index (χ0v) is 8.97. The van der Waals surface area contributed by atoms with E-state index in [0.29, 0.717) is 18.1 Å². The van der Waals surface area contributed by atoms with Crippen LogP contribution in [0.15, 0.2) is 18.3 Å². The fourth-order valence-electron chi connectivity index (χ4n) is 2.04. The molecule has 1 fully saturated rings. The van der Waals surface area contributed by atoms with Gasteiger partial charge in [0.05, 0.1) is 11.6 Å². The quantitative estimate of drug-likeness (QED) is 0.777. The van der Waals surface area contributed by atoms with Gasteiger partial charge >= 0.3 is 5.97 Å². The fraction of sp³-hybridized carbons (Fsp3) is 0.455. The minimum atomic E-state index is -0.737. The molecule has 86 valence electrons. The van der Waals surface area contributed by atoms with Gasteiger partial charge in [-0.3, -0.25) is 4.79 Å². The summed E-state index contributed by atoms with van der Waals surface area (Å²) in [5, 5.41) is 8.99. The molecule has 5 heteroatoms. The Kier molecular flexibility index (Phi) is 2.94. The van der Waals surface area contributed by atoms with Crippen LogP contribution in [0.3, 0.4) is 0 Å². The van der Waals surface area contributed by atoms with Crippen molar-refractivity contribution in [3.8, 4) is 0 Å². The van der Waals surface area contributed by atoms with Crippen LogP contribution < -0.4 is 10.6 Å². The molecule has 5 nitrogen and oxygen atoms in total. The predicted molar refractivity (Wildman–Crippen MR) is 61.2 cm³/mol. The van der Waals surface area contributed by atoms with E-state index in [2.05, 4.69) is 4.98 Å². The van der Waals surface area contributed by atoms with Gasteiger partial charge in [0, 0.05) is 19.3 Å². The van der Waals surface area contributed by atoms with Crippen molar-refractivity contribution in [3.63, 3.8) is 0 Å². The maximum absolute atomic E-state index is 10.9. The monoisotopic (exact) mass is 221 g/mol. The first-order valence-corrected chi connectivity index (χ1v) is 5.36. The molecule has 0 aliphatic carbocycles. The second-order valence-corrected chi connectivity index (χ2v) is 4.04. The van der Waals surface area contributed by atoms with Crippen LogP contribution in [0.1, 0.15) is 12.8 Å². The Balaban J connectivity index is 2.16. The number of nitrogens with two attached hydrogens (primary N) is 1. The first-order valence-electron chi connectivity index (χ1n) is 5.36. The summed E-state index contributed by atoms with van der Waals surface area (Å²) in [5.41, 5.74) is 6.43. The summed E-state index contributed by atoms with van der Waals surface area (Å²) in [7, 11) is 0. The highest BCUT2D eigenvalue weighted by Crippen LogP contribution is 2.25. The molecule has 1 aliphatic rings. The number of nitrogens with zero attached hydrogens (tertiary/aromatic N) is 2. The summed E-state index contributed by atoms with van der Waals surface area (Å²) in [6.07, 6.45) is 3.28. The van der Waals surface area contributed by atoms with Gasteiger partial charge < -0.3 is 15.7 Å². The van der Waals surface area contributed by atoms with Gasteiger partial charge in [0.1, 0.15) is 0 Å². The van der Waals surface area contributed by atoms with Crippen LogP contribution in [-0.4, -0.2) is 29.1 Å². The molecule has 0 radical (unpaired) electrons. The van der Waals surface area contributed by atoms with E-state index >= 15 is 0 Å². The Morgan fingerprint density at radius 3 is 3.12 bits per heavy atom.